The highest BCUT2D eigenvalue weighted by atomic mass is 19.1. The standard InChI is InChI=1S/C25H28FNO5/c1-29-22-12-18(8-9-21(22)30-15-17-4-2-5-17)24(28)27-11-10-25(23(14-27)31-16-32-25)19-6-3-7-20(26)13-19/h3,6-9,12-13,17,23H,2,4-5,10-11,14-16H2,1H3/t23-,25-/m1/s1. The van der Waals surface area contributed by atoms with Gasteiger partial charge in [0, 0.05) is 18.5 Å². The van der Waals surface area contributed by atoms with Crippen LogP contribution in [0.3, 0.4) is 0 Å². The van der Waals surface area contributed by atoms with E-state index < -0.39 is 5.60 Å². The summed E-state index contributed by atoms with van der Waals surface area (Å²) >= 11 is 0. The Morgan fingerprint density at radius 2 is 2.09 bits per heavy atom. The Kier molecular flexibility index (Phi) is 5.78. The van der Waals surface area contributed by atoms with Gasteiger partial charge >= 0.3 is 0 Å². The molecular formula is C25H28FNO5. The molecule has 7 heteroatoms. The number of nitrogens with zero attached hydrogens (tertiary/aromatic N) is 1. The second kappa shape index (κ2) is 8.71. The molecule has 0 bridgehead atoms. The van der Waals surface area contributed by atoms with Gasteiger partial charge in [0.25, 0.3) is 5.91 Å². The van der Waals surface area contributed by atoms with Gasteiger partial charge < -0.3 is 23.8 Å². The summed E-state index contributed by atoms with van der Waals surface area (Å²) in [5.74, 6) is 1.42. The predicted molar refractivity (Wildman–Crippen MR) is 115 cm³/mol. The minimum Gasteiger partial charge on any atom is -0.493 e. The summed E-state index contributed by atoms with van der Waals surface area (Å²) < 4.78 is 37.0. The monoisotopic (exact) mass is 441 g/mol. The number of piperidine rings is 1. The van der Waals surface area contributed by atoms with Gasteiger partial charge in [-0.25, -0.2) is 4.39 Å². The van der Waals surface area contributed by atoms with Crippen molar-refractivity contribution < 1.29 is 28.1 Å². The summed E-state index contributed by atoms with van der Waals surface area (Å²) in [6, 6.07) is 11.8. The number of ether oxygens (including phenoxy) is 4. The Balaban J connectivity index is 1.30. The van der Waals surface area contributed by atoms with Crippen LogP contribution in [0, 0.1) is 11.7 Å². The van der Waals surface area contributed by atoms with Crippen molar-refractivity contribution >= 4 is 5.91 Å². The molecule has 0 radical (unpaired) electrons. The second-order valence-corrected chi connectivity index (χ2v) is 8.79. The van der Waals surface area contributed by atoms with Crippen molar-refractivity contribution in [3.63, 3.8) is 0 Å². The lowest BCUT2D eigenvalue weighted by atomic mass is 9.82. The van der Waals surface area contributed by atoms with E-state index in [2.05, 4.69) is 0 Å². The van der Waals surface area contributed by atoms with Crippen molar-refractivity contribution in [2.75, 3.05) is 33.6 Å². The number of likely N-dealkylation sites (tertiary alicyclic amines) is 1. The number of carbonyl (C=O) groups excluding carboxylic acids is 1. The van der Waals surface area contributed by atoms with Crippen LogP contribution in [0.4, 0.5) is 4.39 Å². The molecule has 2 heterocycles. The van der Waals surface area contributed by atoms with E-state index >= 15 is 0 Å². The molecule has 0 N–H and O–H groups in total. The Bertz CT molecular complexity index is 994. The van der Waals surface area contributed by atoms with Crippen molar-refractivity contribution in [3.05, 3.63) is 59.4 Å². The first kappa shape index (κ1) is 21.2. The van der Waals surface area contributed by atoms with Crippen LogP contribution in [-0.4, -0.2) is 50.5 Å². The molecule has 5 rings (SSSR count). The number of benzene rings is 2. The normalized spacial score (nSPS) is 25.2. The van der Waals surface area contributed by atoms with Crippen LogP contribution >= 0.6 is 0 Å². The van der Waals surface area contributed by atoms with E-state index in [1.165, 1.54) is 31.4 Å². The van der Waals surface area contributed by atoms with Crippen molar-refractivity contribution in [1.82, 2.24) is 4.90 Å². The fraction of sp³-hybridized carbons (Fsp3) is 0.480. The number of hydrogen-bond acceptors (Lipinski definition) is 5. The van der Waals surface area contributed by atoms with Gasteiger partial charge in [0.15, 0.2) is 11.5 Å². The highest BCUT2D eigenvalue weighted by Gasteiger charge is 2.51. The molecule has 1 aliphatic carbocycles. The average Bonchev–Trinajstić information content (AvgIpc) is 3.22. The molecule has 2 atom stereocenters. The lowest BCUT2D eigenvalue weighted by molar-refractivity contribution is -0.0441. The number of amides is 1. The van der Waals surface area contributed by atoms with Crippen LogP contribution in [0.25, 0.3) is 0 Å². The van der Waals surface area contributed by atoms with Gasteiger partial charge in [-0.15, -0.1) is 0 Å². The zero-order valence-corrected chi connectivity index (χ0v) is 18.2. The van der Waals surface area contributed by atoms with Gasteiger partial charge in [0.1, 0.15) is 24.3 Å². The zero-order valence-electron chi connectivity index (χ0n) is 18.2. The molecule has 2 saturated heterocycles. The van der Waals surface area contributed by atoms with Gasteiger partial charge in [-0.3, -0.25) is 4.79 Å². The maximum absolute atomic E-state index is 13.8. The molecule has 0 spiro atoms. The smallest absolute Gasteiger partial charge is 0.254 e. The summed E-state index contributed by atoms with van der Waals surface area (Å²) in [6.07, 6.45) is 3.86. The minimum atomic E-state index is -0.726. The van der Waals surface area contributed by atoms with Crippen LogP contribution in [0.2, 0.25) is 0 Å². The van der Waals surface area contributed by atoms with Gasteiger partial charge in [-0.2, -0.15) is 0 Å². The lowest BCUT2D eigenvalue weighted by Gasteiger charge is -2.42. The first-order chi connectivity index (χ1) is 15.6. The van der Waals surface area contributed by atoms with Gasteiger partial charge in [0.05, 0.1) is 20.3 Å². The number of rotatable bonds is 6. The largest absolute Gasteiger partial charge is 0.493 e. The molecule has 6 nitrogen and oxygen atoms in total. The predicted octanol–water partition coefficient (Wildman–Crippen LogP) is 4.13. The highest BCUT2D eigenvalue weighted by molar-refractivity contribution is 5.95. The first-order valence-electron chi connectivity index (χ1n) is 11.2. The number of halogens is 1. The summed E-state index contributed by atoms with van der Waals surface area (Å²) in [7, 11) is 1.58. The fourth-order valence-electron chi connectivity index (χ4n) is 4.79. The molecular weight excluding hydrogens is 413 g/mol. The Morgan fingerprint density at radius 1 is 1.22 bits per heavy atom. The van der Waals surface area contributed by atoms with Crippen LogP contribution < -0.4 is 9.47 Å². The summed E-state index contributed by atoms with van der Waals surface area (Å²) in [4.78, 5) is 15.0. The SMILES string of the molecule is COc1cc(C(=O)N2CC[C@]3(c4cccc(F)c4)OCO[C@@H]3C2)ccc1OCC1CCC1. The molecule has 2 aromatic carbocycles. The van der Waals surface area contributed by atoms with E-state index in [-0.39, 0.29) is 24.6 Å². The molecule has 3 fully saturated rings. The van der Waals surface area contributed by atoms with Crippen LogP contribution in [0.15, 0.2) is 42.5 Å². The average molecular weight is 441 g/mol. The van der Waals surface area contributed by atoms with Crippen LogP contribution in [0.5, 0.6) is 11.5 Å². The fourth-order valence-corrected chi connectivity index (χ4v) is 4.79. The molecule has 170 valence electrons. The molecule has 0 unspecified atom stereocenters. The molecule has 1 amide bonds. The third-order valence-corrected chi connectivity index (χ3v) is 6.96. The lowest BCUT2D eigenvalue weighted by Crippen LogP contribution is -2.53. The third-order valence-electron chi connectivity index (χ3n) is 6.96. The topological polar surface area (TPSA) is 57.2 Å². The van der Waals surface area contributed by atoms with E-state index in [9.17, 15) is 9.18 Å². The number of fused-ring (bicyclic) bond motifs is 1. The third kappa shape index (κ3) is 3.84. The second-order valence-electron chi connectivity index (χ2n) is 8.79. The number of hydrogen-bond donors (Lipinski definition) is 0. The van der Waals surface area contributed by atoms with E-state index in [1.807, 2.05) is 6.07 Å². The van der Waals surface area contributed by atoms with Crippen molar-refractivity contribution in [3.8, 4) is 11.5 Å². The Morgan fingerprint density at radius 3 is 2.84 bits per heavy atom. The zero-order chi connectivity index (χ0) is 22.1. The van der Waals surface area contributed by atoms with E-state index in [4.69, 9.17) is 18.9 Å². The molecule has 0 aromatic heterocycles. The molecule has 1 saturated carbocycles. The van der Waals surface area contributed by atoms with Crippen molar-refractivity contribution in [1.29, 1.82) is 0 Å². The number of methoxy groups -OCH3 is 1. The van der Waals surface area contributed by atoms with E-state index in [1.54, 1.807) is 36.3 Å². The van der Waals surface area contributed by atoms with E-state index in [0.717, 1.165) is 5.56 Å². The first-order valence-corrected chi connectivity index (χ1v) is 11.2. The summed E-state index contributed by atoms with van der Waals surface area (Å²) in [5, 5.41) is 0. The van der Waals surface area contributed by atoms with Crippen molar-refractivity contribution in [2.24, 2.45) is 5.92 Å². The quantitative estimate of drug-likeness (QED) is 0.675. The maximum atomic E-state index is 13.8. The highest BCUT2D eigenvalue weighted by Crippen LogP contribution is 2.43. The van der Waals surface area contributed by atoms with Crippen molar-refractivity contribution in [2.45, 2.75) is 37.4 Å². The Hall–Kier alpha value is -2.64. The minimum absolute atomic E-state index is 0.0998. The molecule has 2 aromatic rings. The number of carbonyl (C=O) groups is 1. The van der Waals surface area contributed by atoms with Crippen LogP contribution in [0.1, 0.15) is 41.6 Å². The molecule has 32 heavy (non-hydrogen) atoms. The van der Waals surface area contributed by atoms with Gasteiger partial charge in [-0.05, 0) is 54.7 Å². The summed E-state index contributed by atoms with van der Waals surface area (Å²) in [5.41, 5.74) is 0.562. The Labute approximate surface area is 187 Å². The van der Waals surface area contributed by atoms with Crippen LogP contribution in [-0.2, 0) is 15.1 Å². The van der Waals surface area contributed by atoms with Gasteiger partial charge in [0.2, 0.25) is 0 Å². The van der Waals surface area contributed by atoms with E-state index in [0.29, 0.717) is 49.1 Å². The maximum Gasteiger partial charge on any atom is 0.254 e. The molecule has 3 aliphatic rings. The summed E-state index contributed by atoms with van der Waals surface area (Å²) in [6.45, 7) is 1.66. The molecule has 2 aliphatic heterocycles. The van der Waals surface area contributed by atoms with Gasteiger partial charge in [-0.1, -0.05) is 18.6 Å².